The maximum atomic E-state index is 12.2. The van der Waals surface area contributed by atoms with E-state index in [1.165, 1.54) is 0 Å². The molecule has 2 rings (SSSR count). The first-order chi connectivity index (χ1) is 11.3. The number of nitrogens with zero attached hydrogens (tertiary/aromatic N) is 1. The van der Waals surface area contributed by atoms with Crippen LogP contribution in [0.3, 0.4) is 0 Å². The Hall–Kier alpha value is -0.590. The third-order valence-corrected chi connectivity index (χ3v) is 5.41. The fourth-order valence-corrected chi connectivity index (χ4v) is 3.90. The number of rotatable bonds is 4. The monoisotopic (exact) mass is 467 g/mol. The van der Waals surface area contributed by atoms with Gasteiger partial charge in [-0.25, -0.2) is 0 Å². The van der Waals surface area contributed by atoms with E-state index in [2.05, 4.69) is 20.3 Å². The lowest BCUT2D eigenvalue weighted by molar-refractivity contribution is -0.255. The van der Waals surface area contributed by atoms with Crippen LogP contribution in [0.4, 0.5) is 0 Å². The average molecular weight is 470 g/mol. The van der Waals surface area contributed by atoms with E-state index in [0.717, 1.165) is 9.37 Å². The molecule has 0 saturated carbocycles. The predicted octanol–water partition coefficient (Wildman–Crippen LogP) is 4.82. The van der Waals surface area contributed by atoms with Crippen molar-refractivity contribution in [3.8, 4) is 0 Å². The standard InChI is InChI=1S/C16H13BrCl3NO2S/c1-24(13-9-5-8-12(17)10-13)21-15(22)23-14(16(18,19)20)11-6-3-2-4-7-11/h2-10,14H,1H3/t14-,24?/m0/s1. The SMILES string of the molecule is C[S+](/N=C(\[O-])O[C@@H](c1ccccc1)C(Cl)(Cl)Cl)c1cccc(Br)c1. The quantitative estimate of drug-likeness (QED) is 0.279. The van der Waals surface area contributed by atoms with Gasteiger partial charge in [0.1, 0.15) is 6.26 Å². The molecule has 2 aromatic carbocycles. The van der Waals surface area contributed by atoms with Gasteiger partial charge < -0.3 is 9.84 Å². The lowest BCUT2D eigenvalue weighted by atomic mass is 10.1. The van der Waals surface area contributed by atoms with Crippen molar-refractivity contribution in [2.24, 2.45) is 4.40 Å². The van der Waals surface area contributed by atoms with E-state index in [1.54, 1.807) is 24.3 Å². The van der Waals surface area contributed by atoms with Crippen LogP contribution in [0.25, 0.3) is 0 Å². The Kier molecular flexibility index (Phi) is 7.13. The largest absolute Gasteiger partial charge is 0.585 e. The van der Waals surface area contributed by atoms with Crippen molar-refractivity contribution in [3.63, 3.8) is 0 Å². The molecule has 0 aliphatic heterocycles. The highest BCUT2D eigenvalue weighted by molar-refractivity contribution is 9.10. The highest BCUT2D eigenvalue weighted by atomic mass is 79.9. The van der Waals surface area contributed by atoms with E-state index in [9.17, 15) is 5.11 Å². The summed E-state index contributed by atoms with van der Waals surface area (Å²) in [4.78, 5) is 0.895. The lowest BCUT2D eigenvalue weighted by Crippen LogP contribution is -2.30. The van der Waals surface area contributed by atoms with Gasteiger partial charge in [-0.05, 0) is 22.1 Å². The van der Waals surface area contributed by atoms with Gasteiger partial charge >= 0.3 is 0 Å². The summed E-state index contributed by atoms with van der Waals surface area (Å²) in [7, 11) is 0. The van der Waals surface area contributed by atoms with E-state index >= 15 is 0 Å². The van der Waals surface area contributed by atoms with E-state index in [1.807, 2.05) is 36.6 Å². The molecule has 0 aromatic heterocycles. The van der Waals surface area contributed by atoms with Gasteiger partial charge in [0.15, 0.2) is 16.0 Å². The summed E-state index contributed by atoms with van der Waals surface area (Å²) in [5.74, 6) is 0. The summed E-state index contributed by atoms with van der Waals surface area (Å²) in [5, 5.41) is 12.2. The van der Waals surface area contributed by atoms with Gasteiger partial charge in [-0.1, -0.05) is 87.1 Å². The Bertz CT molecular complexity index is 710. The molecule has 0 bridgehead atoms. The molecule has 2 aromatic rings. The molecule has 0 heterocycles. The van der Waals surface area contributed by atoms with Gasteiger partial charge in [0.05, 0.1) is 6.10 Å². The molecule has 2 atom stereocenters. The fraction of sp³-hybridized carbons (Fsp3) is 0.188. The summed E-state index contributed by atoms with van der Waals surface area (Å²) in [5.41, 5.74) is 0.583. The van der Waals surface area contributed by atoms with E-state index < -0.39 is 27.1 Å². The molecule has 24 heavy (non-hydrogen) atoms. The first kappa shape index (κ1) is 19.7. The van der Waals surface area contributed by atoms with Crippen molar-refractivity contribution in [2.45, 2.75) is 14.8 Å². The second-order valence-corrected chi connectivity index (χ2v) is 9.64. The topological polar surface area (TPSA) is 44.7 Å². The van der Waals surface area contributed by atoms with Crippen LogP contribution in [0.1, 0.15) is 11.7 Å². The normalized spacial score (nSPS) is 15.0. The summed E-state index contributed by atoms with van der Waals surface area (Å²) >= 11 is 20.6. The average Bonchev–Trinajstić information content (AvgIpc) is 2.52. The number of ether oxygens (including phenoxy) is 1. The van der Waals surface area contributed by atoms with Gasteiger partial charge in [-0.2, -0.15) is 0 Å². The van der Waals surface area contributed by atoms with Gasteiger partial charge in [0.25, 0.3) is 0 Å². The van der Waals surface area contributed by atoms with Crippen molar-refractivity contribution in [1.29, 1.82) is 0 Å². The Labute approximate surface area is 167 Å². The zero-order chi connectivity index (χ0) is 17.7. The molecule has 0 aliphatic rings. The molecular formula is C16H13BrCl3NO2S. The Balaban J connectivity index is 2.19. The fourth-order valence-electron chi connectivity index (χ4n) is 1.89. The number of benzene rings is 2. The third-order valence-electron chi connectivity index (χ3n) is 2.97. The first-order valence-electron chi connectivity index (χ1n) is 6.73. The van der Waals surface area contributed by atoms with Crippen molar-refractivity contribution in [2.75, 3.05) is 6.26 Å². The summed E-state index contributed by atoms with van der Waals surface area (Å²) in [6.45, 7) is 0. The molecule has 128 valence electrons. The summed E-state index contributed by atoms with van der Waals surface area (Å²) < 4.78 is 8.47. The highest BCUT2D eigenvalue weighted by Gasteiger charge is 2.32. The van der Waals surface area contributed by atoms with Gasteiger partial charge in [-0.3, -0.25) is 0 Å². The molecule has 1 unspecified atom stereocenters. The maximum absolute atomic E-state index is 12.2. The Morgan fingerprint density at radius 3 is 2.42 bits per heavy atom. The molecule has 8 heteroatoms. The second-order valence-electron chi connectivity index (χ2n) is 4.74. The zero-order valence-electron chi connectivity index (χ0n) is 12.5. The minimum Gasteiger partial charge on any atom is -0.585 e. The predicted molar refractivity (Wildman–Crippen MR) is 104 cm³/mol. The van der Waals surface area contributed by atoms with Crippen LogP contribution in [-0.4, -0.2) is 16.1 Å². The first-order valence-corrected chi connectivity index (χ1v) is 10.2. The van der Waals surface area contributed by atoms with Gasteiger partial charge in [0.2, 0.25) is 9.88 Å². The minimum absolute atomic E-state index is 0.583. The van der Waals surface area contributed by atoms with Crippen LogP contribution >= 0.6 is 50.7 Å². The minimum atomic E-state index is -1.80. The van der Waals surface area contributed by atoms with E-state index in [-0.39, 0.29) is 0 Å². The summed E-state index contributed by atoms with van der Waals surface area (Å²) in [6, 6.07) is 16.4. The molecule has 0 fully saturated rings. The van der Waals surface area contributed by atoms with Gasteiger partial charge in [-0.15, -0.1) is 0 Å². The smallest absolute Gasteiger partial charge is 0.206 e. The van der Waals surface area contributed by atoms with Crippen LogP contribution in [-0.2, 0) is 15.8 Å². The van der Waals surface area contributed by atoms with E-state index in [4.69, 9.17) is 39.5 Å². The highest BCUT2D eigenvalue weighted by Crippen LogP contribution is 2.42. The Morgan fingerprint density at radius 1 is 1.17 bits per heavy atom. The van der Waals surface area contributed by atoms with Crippen molar-refractivity contribution >= 4 is 67.9 Å². The second kappa shape index (κ2) is 8.68. The number of hydrogen-bond donors (Lipinski definition) is 0. The van der Waals surface area contributed by atoms with Crippen molar-refractivity contribution in [3.05, 3.63) is 64.6 Å². The third kappa shape index (κ3) is 5.74. The van der Waals surface area contributed by atoms with Crippen LogP contribution in [0.15, 0.2) is 68.4 Å². The number of hydrogen-bond acceptors (Lipinski definition) is 3. The van der Waals surface area contributed by atoms with Crippen molar-refractivity contribution in [1.82, 2.24) is 0 Å². The van der Waals surface area contributed by atoms with Gasteiger partial charge in [0, 0.05) is 10.5 Å². The van der Waals surface area contributed by atoms with Crippen LogP contribution < -0.4 is 5.11 Å². The van der Waals surface area contributed by atoms with Crippen LogP contribution in [0.5, 0.6) is 0 Å². The molecular weight excluding hydrogens is 457 g/mol. The molecule has 0 amide bonds. The molecule has 3 nitrogen and oxygen atoms in total. The number of alkyl halides is 3. The molecule has 0 saturated heterocycles. The lowest BCUT2D eigenvalue weighted by Gasteiger charge is -2.31. The molecule has 0 radical (unpaired) electrons. The number of halogens is 4. The summed E-state index contributed by atoms with van der Waals surface area (Å²) in [6.07, 6.45) is -0.00366. The zero-order valence-corrected chi connectivity index (χ0v) is 17.1. The van der Waals surface area contributed by atoms with Crippen molar-refractivity contribution < 1.29 is 9.84 Å². The molecule has 0 N–H and O–H groups in total. The molecule has 0 spiro atoms. The maximum Gasteiger partial charge on any atom is 0.206 e. The van der Waals surface area contributed by atoms with E-state index in [0.29, 0.717) is 5.56 Å². The molecule has 0 aliphatic carbocycles. The Morgan fingerprint density at radius 2 is 1.83 bits per heavy atom. The van der Waals surface area contributed by atoms with Crippen LogP contribution in [0.2, 0.25) is 0 Å². The van der Waals surface area contributed by atoms with Crippen LogP contribution in [0, 0.1) is 0 Å².